The van der Waals surface area contributed by atoms with E-state index in [4.69, 9.17) is 16.3 Å². The summed E-state index contributed by atoms with van der Waals surface area (Å²) in [6, 6.07) is 13.3. The van der Waals surface area contributed by atoms with E-state index in [1.807, 2.05) is 19.1 Å². The molecule has 1 amide bonds. The summed E-state index contributed by atoms with van der Waals surface area (Å²) in [6.07, 6.45) is 3.92. The van der Waals surface area contributed by atoms with Gasteiger partial charge in [-0.15, -0.1) is 0 Å². The lowest BCUT2D eigenvalue weighted by molar-refractivity contribution is -0.123. The fourth-order valence-corrected chi connectivity index (χ4v) is 5.05. The van der Waals surface area contributed by atoms with E-state index in [1.165, 1.54) is 12.1 Å². The van der Waals surface area contributed by atoms with Crippen molar-refractivity contribution in [2.45, 2.75) is 43.5 Å². The number of amides is 1. The molecule has 1 N–H and O–H groups in total. The van der Waals surface area contributed by atoms with Gasteiger partial charge in [0, 0.05) is 18.1 Å². The fourth-order valence-electron chi connectivity index (χ4n) is 3.41. The summed E-state index contributed by atoms with van der Waals surface area (Å²) >= 11 is 5.88. The van der Waals surface area contributed by atoms with Gasteiger partial charge in [-0.25, -0.2) is 8.42 Å². The number of sulfonamides is 1. The highest BCUT2D eigenvalue weighted by Crippen LogP contribution is 2.22. The maximum atomic E-state index is 12.8. The second-order valence-corrected chi connectivity index (χ2v) is 9.79. The second-order valence-electron chi connectivity index (χ2n) is 7.42. The number of hydrogen-bond donors (Lipinski definition) is 1. The zero-order valence-electron chi connectivity index (χ0n) is 17.0. The van der Waals surface area contributed by atoms with Crippen LogP contribution >= 0.6 is 11.6 Å². The largest absolute Gasteiger partial charge is 0.484 e. The number of carbonyl (C=O) groups is 1. The molecule has 0 unspecified atom stereocenters. The van der Waals surface area contributed by atoms with Gasteiger partial charge in [-0.05, 0) is 61.7 Å². The van der Waals surface area contributed by atoms with Gasteiger partial charge < -0.3 is 10.1 Å². The van der Waals surface area contributed by atoms with Crippen molar-refractivity contribution in [3.63, 3.8) is 0 Å². The van der Waals surface area contributed by atoms with E-state index >= 15 is 0 Å². The van der Waals surface area contributed by atoms with Gasteiger partial charge in [0.05, 0.1) is 10.9 Å². The van der Waals surface area contributed by atoms with E-state index in [9.17, 15) is 13.2 Å². The molecule has 1 fully saturated rings. The standard InChI is InChI=1S/C22H27ClN2O4S/c1-17(18-6-8-19(23)9-7-18)24-22(26)16-29-20-10-12-21(13-11-20)30(27,28)25-14-4-2-3-5-15-25/h6-13,17H,2-5,14-16H2,1H3,(H,24,26)/t17-/m0/s1. The van der Waals surface area contributed by atoms with E-state index in [0.717, 1.165) is 31.2 Å². The molecule has 3 rings (SSSR count). The van der Waals surface area contributed by atoms with Crippen molar-refractivity contribution in [1.29, 1.82) is 0 Å². The molecule has 162 valence electrons. The topological polar surface area (TPSA) is 75.7 Å². The highest BCUT2D eigenvalue weighted by Gasteiger charge is 2.25. The number of hydrogen-bond acceptors (Lipinski definition) is 4. The predicted molar refractivity (Wildman–Crippen MR) is 117 cm³/mol. The van der Waals surface area contributed by atoms with Crippen molar-refractivity contribution in [3.05, 3.63) is 59.1 Å². The van der Waals surface area contributed by atoms with Gasteiger partial charge in [0.15, 0.2) is 6.61 Å². The van der Waals surface area contributed by atoms with Crippen molar-refractivity contribution in [1.82, 2.24) is 9.62 Å². The van der Waals surface area contributed by atoms with Crippen molar-refractivity contribution < 1.29 is 17.9 Å². The highest BCUT2D eigenvalue weighted by atomic mass is 35.5. The van der Waals surface area contributed by atoms with Gasteiger partial charge in [0.1, 0.15) is 5.75 Å². The summed E-state index contributed by atoms with van der Waals surface area (Å²) in [5, 5.41) is 3.50. The molecule has 8 heteroatoms. The van der Waals surface area contributed by atoms with Crippen LogP contribution in [0.3, 0.4) is 0 Å². The quantitative estimate of drug-likeness (QED) is 0.687. The Morgan fingerprint density at radius 3 is 2.23 bits per heavy atom. The van der Waals surface area contributed by atoms with E-state index in [2.05, 4.69) is 5.32 Å². The first-order valence-electron chi connectivity index (χ1n) is 10.1. The van der Waals surface area contributed by atoms with Crippen LogP contribution in [0.15, 0.2) is 53.4 Å². The van der Waals surface area contributed by atoms with Crippen LogP contribution in [0.25, 0.3) is 0 Å². The molecule has 1 heterocycles. The third kappa shape index (κ3) is 5.97. The van der Waals surface area contributed by atoms with Crippen LogP contribution in [0.1, 0.15) is 44.2 Å². The number of halogens is 1. The van der Waals surface area contributed by atoms with Crippen LogP contribution < -0.4 is 10.1 Å². The van der Waals surface area contributed by atoms with Crippen LogP contribution in [0.5, 0.6) is 5.75 Å². The number of nitrogens with one attached hydrogen (secondary N) is 1. The summed E-state index contributed by atoms with van der Waals surface area (Å²) in [4.78, 5) is 12.4. The number of benzene rings is 2. The molecule has 0 spiro atoms. The Labute approximate surface area is 183 Å². The molecule has 1 atom stereocenters. The molecule has 0 aromatic heterocycles. The molecule has 1 saturated heterocycles. The fraction of sp³-hybridized carbons (Fsp3) is 0.409. The van der Waals surface area contributed by atoms with Crippen molar-refractivity contribution in [2.24, 2.45) is 0 Å². The Bertz CT molecular complexity index is 938. The summed E-state index contributed by atoms with van der Waals surface area (Å²) in [5.41, 5.74) is 0.941. The van der Waals surface area contributed by atoms with Crippen molar-refractivity contribution >= 4 is 27.5 Å². The molecule has 6 nitrogen and oxygen atoms in total. The summed E-state index contributed by atoms with van der Waals surface area (Å²) in [6.45, 7) is 2.85. The molecule has 0 bridgehead atoms. The monoisotopic (exact) mass is 450 g/mol. The average Bonchev–Trinajstić information content (AvgIpc) is 3.03. The highest BCUT2D eigenvalue weighted by molar-refractivity contribution is 7.89. The summed E-state index contributed by atoms with van der Waals surface area (Å²) in [5.74, 6) is 0.179. The first kappa shape index (κ1) is 22.6. The summed E-state index contributed by atoms with van der Waals surface area (Å²) in [7, 11) is -3.49. The minimum absolute atomic E-state index is 0.157. The zero-order chi connectivity index (χ0) is 21.6. The van der Waals surface area contributed by atoms with Gasteiger partial charge in [0.25, 0.3) is 5.91 Å². The number of nitrogens with zero attached hydrogens (tertiary/aromatic N) is 1. The predicted octanol–water partition coefficient (Wildman–Crippen LogP) is 4.16. The van der Waals surface area contributed by atoms with Gasteiger partial charge in [-0.3, -0.25) is 4.79 Å². The van der Waals surface area contributed by atoms with Crippen molar-refractivity contribution in [2.75, 3.05) is 19.7 Å². The van der Waals surface area contributed by atoms with E-state index in [0.29, 0.717) is 23.9 Å². The normalized spacial score (nSPS) is 16.5. The van der Waals surface area contributed by atoms with Crippen LogP contribution in [-0.2, 0) is 14.8 Å². The molecule has 1 aliphatic rings. The zero-order valence-corrected chi connectivity index (χ0v) is 18.6. The molecule has 2 aromatic rings. The van der Waals surface area contributed by atoms with Crippen LogP contribution in [-0.4, -0.2) is 38.3 Å². The minimum atomic E-state index is -3.49. The minimum Gasteiger partial charge on any atom is -0.484 e. The van der Waals surface area contributed by atoms with Crippen LogP contribution in [0.4, 0.5) is 0 Å². The molecule has 30 heavy (non-hydrogen) atoms. The Hall–Kier alpha value is -2.09. The Balaban J connectivity index is 1.53. The SMILES string of the molecule is C[C@H](NC(=O)COc1ccc(S(=O)(=O)N2CCCCCC2)cc1)c1ccc(Cl)cc1. The lowest BCUT2D eigenvalue weighted by Gasteiger charge is -2.20. The Morgan fingerprint density at radius 2 is 1.63 bits per heavy atom. The molecule has 0 saturated carbocycles. The molecule has 0 radical (unpaired) electrons. The third-order valence-electron chi connectivity index (χ3n) is 5.14. The van der Waals surface area contributed by atoms with E-state index in [1.54, 1.807) is 28.6 Å². The molecule has 1 aliphatic heterocycles. The molecular formula is C22H27ClN2O4S. The first-order valence-corrected chi connectivity index (χ1v) is 12.0. The maximum Gasteiger partial charge on any atom is 0.258 e. The first-order chi connectivity index (χ1) is 14.4. The smallest absolute Gasteiger partial charge is 0.258 e. The van der Waals surface area contributed by atoms with Gasteiger partial charge in [-0.2, -0.15) is 4.31 Å². The number of ether oxygens (including phenoxy) is 1. The molecule has 0 aliphatic carbocycles. The average molecular weight is 451 g/mol. The van der Waals surface area contributed by atoms with Gasteiger partial charge in [0.2, 0.25) is 10.0 Å². The van der Waals surface area contributed by atoms with Crippen LogP contribution in [0.2, 0.25) is 5.02 Å². The molecule has 2 aromatic carbocycles. The maximum absolute atomic E-state index is 12.8. The van der Waals surface area contributed by atoms with Gasteiger partial charge >= 0.3 is 0 Å². The lowest BCUT2D eigenvalue weighted by Crippen LogP contribution is -2.32. The number of rotatable bonds is 7. The second kappa shape index (κ2) is 10.3. The van der Waals surface area contributed by atoms with Gasteiger partial charge in [-0.1, -0.05) is 36.6 Å². The Kier molecular flexibility index (Phi) is 7.75. The number of carbonyl (C=O) groups excluding carboxylic acids is 1. The van der Waals surface area contributed by atoms with E-state index < -0.39 is 10.0 Å². The lowest BCUT2D eigenvalue weighted by atomic mass is 10.1. The Morgan fingerprint density at radius 1 is 1.03 bits per heavy atom. The van der Waals surface area contributed by atoms with Crippen LogP contribution in [0, 0.1) is 0 Å². The van der Waals surface area contributed by atoms with E-state index in [-0.39, 0.29) is 23.5 Å². The molecular weight excluding hydrogens is 424 g/mol. The van der Waals surface area contributed by atoms with Crippen molar-refractivity contribution in [3.8, 4) is 5.75 Å². The third-order valence-corrected chi connectivity index (χ3v) is 7.31. The summed E-state index contributed by atoms with van der Waals surface area (Å²) < 4.78 is 32.7.